The summed E-state index contributed by atoms with van der Waals surface area (Å²) in [5, 5.41) is 0.798. The van der Waals surface area contributed by atoms with Crippen LogP contribution in [-0.4, -0.2) is 12.6 Å². The van der Waals surface area contributed by atoms with Crippen molar-refractivity contribution in [1.29, 1.82) is 0 Å². The van der Waals surface area contributed by atoms with Crippen molar-refractivity contribution in [3.05, 3.63) is 52.0 Å². The van der Waals surface area contributed by atoms with Crippen molar-refractivity contribution in [3.8, 4) is 11.5 Å². The van der Waals surface area contributed by atoms with Crippen molar-refractivity contribution >= 4 is 34.9 Å². The molecule has 2 rings (SSSR count). The summed E-state index contributed by atoms with van der Waals surface area (Å²) in [5.41, 5.74) is 6.60. The molecule has 21 heavy (non-hydrogen) atoms. The molecule has 0 aliphatic rings. The second kappa shape index (κ2) is 6.70. The number of hydrogen-bond donors (Lipinski definition) is 1. The summed E-state index contributed by atoms with van der Waals surface area (Å²) in [6, 6.07) is 9.53. The molecule has 0 radical (unpaired) electrons. The normalized spacial score (nSPS) is 10.2. The first kappa shape index (κ1) is 15.5. The van der Waals surface area contributed by atoms with Crippen LogP contribution >= 0.6 is 23.2 Å². The van der Waals surface area contributed by atoms with Crippen LogP contribution in [0.1, 0.15) is 17.3 Å². The lowest BCUT2D eigenvalue weighted by atomic mass is 10.2. The molecule has 4 nitrogen and oxygen atoms in total. The molecular weight excluding hydrogens is 313 g/mol. The molecule has 6 heteroatoms. The zero-order valence-corrected chi connectivity index (χ0v) is 12.7. The fourth-order valence-electron chi connectivity index (χ4n) is 1.63. The monoisotopic (exact) mass is 325 g/mol. The predicted molar refractivity (Wildman–Crippen MR) is 83.3 cm³/mol. The zero-order chi connectivity index (χ0) is 15.4. The van der Waals surface area contributed by atoms with Gasteiger partial charge in [-0.3, -0.25) is 0 Å². The summed E-state index contributed by atoms with van der Waals surface area (Å²) in [6.45, 7) is 2.04. The topological polar surface area (TPSA) is 61.5 Å². The first-order valence-electron chi connectivity index (χ1n) is 6.20. The third-order valence-corrected chi connectivity index (χ3v) is 3.38. The number of carbonyl (C=O) groups excluding carboxylic acids is 1. The highest BCUT2D eigenvalue weighted by Gasteiger charge is 2.11. The van der Waals surface area contributed by atoms with Crippen LogP contribution in [0, 0.1) is 0 Å². The Labute approximate surface area is 132 Å². The number of hydrogen-bond acceptors (Lipinski definition) is 4. The maximum Gasteiger partial charge on any atom is 0.338 e. The Hall–Kier alpha value is -1.91. The maximum atomic E-state index is 11.7. The summed E-state index contributed by atoms with van der Waals surface area (Å²) in [6.07, 6.45) is 0. The summed E-state index contributed by atoms with van der Waals surface area (Å²) >= 11 is 11.8. The summed E-state index contributed by atoms with van der Waals surface area (Å²) < 4.78 is 10.6. The third kappa shape index (κ3) is 3.80. The number of benzene rings is 2. The summed E-state index contributed by atoms with van der Waals surface area (Å²) in [5.74, 6) is 0.382. The van der Waals surface area contributed by atoms with E-state index in [9.17, 15) is 4.79 Å². The second-order valence-corrected chi connectivity index (χ2v) is 4.97. The number of nitrogen functional groups attached to an aromatic ring is 1. The highest BCUT2D eigenvalue weighted by molar-refractivity contribution is 6.42. The van der Waals surface area contributed by atoms with Crippen LogP contribution in [-0.2, 0) is 4.74 Å². The molecular formula is C15H13Cl2NO3. The highest BCUT2D eigenvalue weighted by atomic mass is 35.5. The van der Waals surface area contributed by atoms with Gasteiger partial charge in [-0.2, -0.15) is 0 Å². The van der Waals surface area contributed by atoms with E-state index in [2.05, 4.69) is 0 Å². The molecule has 0 atom stereocenters. The fraction of sp³-hybridized carbons (Fsp3) is 0.133. The quantitative estimate of drug-likeness (QED) is 0.662. The van der Waals surface area contributed by atoms with Gasteiger partial charge < -0.3 is 15.2 Å². The number of rotatable bonds is 4. The Kier molecular flexibility index (Phi) is 4.94. The van der Waals surface area contributed by atoms with E-state index < -0.39 is 5.97 Å². The van der Waals surface area contributed by atoms with Crippen molar-refractivity contribution in [1.82, 2.24) is 0 Å². The van der Waals surface area contributed by atoms with Crippen molar-refractivity contribution in [2.75, 3.05) is 12.3 Å². The Bertz CT molecular complexity index is 674. The van der Waals surface area contributed by atoms with E-state index in [4.69, 9.17) is 38.4 Å². The van der Waals surface area contributed by atoms with Crippen LogP contribution < -0.4 is 10.5 Å². The molecule has 0 saturated carbocycles. The number of ether oxygens (including phenoxy) is 2. The van der Waals surface area contributed by atoms with Crippen LogP contribution in [0.15, 0.2) is 36.4 Å². The molecule has 0 aliphatic carbocycles. The van der Waals surface area contributed by atoms with E-state index in [-0.39, 0.29) is 0 Å². The van der Waals surface area contributed by atoms with Gasteiger partial charge in [-0.15, -0.1) is 0 Å². The van der Waals surface area contributed by atoms with Crippen LogP contribution in [0.3, 0.4) is 0 Å². The Morgan fingerprint density at radius 1 is 1.14 bits per heavy atom. The third-order valence-electron chi connectivity index (χ3n) is 2.64. The molecule has 2 N–H and O–H groups in total. The molecule has 0 spiro atoms. The minimum absolute atomic E-state index is 0.298. The molecule has 110 valence electrons. The second-order valence-electron chi connectivity index (χ2n) is 4.15. The Balaban J connectivity index is 2.28. The maximum absolute atomic E-state index is 11.7. The van der Waals surface area contributed by atoms with Gasteiger partial charge in [-0.25, -0.2) is 4.79 Å². The van der Waals surface area contributed by atoms with Gasteiger partial charge in [0.15, 0.2) is 5.75 Å². The first-order valence-corrected chi connectivity index (χ1v) is 6.96. The van der Waals surface area contributed by atoms with Gasteiger partial charge in [-0.1, -0.05) is 23.2 Å². The molecule has 0 aliphatic heterocycles. The molecule has 0 bridgehead atoms. The van der Waals surface area contributed by atoms with E-state index in [1.807, 2.05) is 0 Å². The zero-order valence-electron chi connectivity index (χ0n) is 11.2. The minimum Gasteiger partial charge on any atom is -0.462 e. The average Bonchev–Trinajstić information content (AvgIpc) is 2.45. The van der Waals surface area contributed by atoms with Gasteiger partial charge in [0.2, 0.25) is 0 Å². The van der Waals surface area contributed by atoms with Crippen LogP contribution in [0.4, 0.5) is 5.69 Å². The van der Waals surface area contributed by atoms with E-state index in [1.54, 1.807) is 37.3 Å². The number of halogens is 2. The van der Waals surface area contributed by atoms with Gasteiger partial charge in [0.05, 0.1) is 27.9 Å². The molecule has 0 unspecified atom stereocenters. The van der Waals surface area contributed by atoms with E-state index in [0.29, 0.717) is 39.4 Å². The van der Waals surface area contributed by atoms with Crippen molar-refractivity contribution < 1.29 is 14.3 Å². The van der Waals surface area contributed by atoms with Gasteiger partial charge >= 0.3 is 5.97 Å². The lowest BCUT2D eigenvalue weighted by molar-refractivity contribution is 0.0526. The lowest BCUT2D eigenvalue weighted by Crippen LogP contribution is -2.05. The number of anilines is 1. The lowest BCUT2D eigenvalue weighted by Gasteiger charge is -2.10. The van der Waals surface area contributed by atoms with Crippen molar-refractivity contribution in [2.24, 2.45) is 0 Å². The van der Waals surface area contributed by atoms with Crippen LogP contribution in [0.5, 0.6) is 11.5 Å². The molecule has 0 amide bonds. The first-order chi connectivity index (χ1) is 10.0. The number of esters is 1. The van der Waals surface area contributed by atoms with E-state index in [1.165, 1.54) is 6.07 Å². The molecule has 0 heterocycles. The van der Waals surface area contributed by atoms with Gasteiger partial charge in [0.25, 0.3) is 0 Å². The van der Waals surface area contributed by atoms with E-state index in [0.717, 1.165) is 0 Å². The summed E-state index contributed by atoms with van der Waals surface area (Å²) in [4.78, 5) is 11.7. The highest BCUT2D eigenvalue weighted by Crippen LogP contribution is 2.32. The number of nitrogens with two attached hydrogens (primary N) is 1. The molecule has 0 saturated heterocycles. The SMILES string of the molecule is CCOC(=O)c1ccc(N)c(Oc2ccc(Cl)c(Cl)c2)c1. The Morgan fingerprint density at radius 3 is 2.57 bits per heavy atom. The Morgan fingerprint density at radius 2 is 1.90 bits per heavy atom. The number of carbonyl (C=O) groups is 1. The van der Waals surface area contributed by atoms with Crippen LogP contribution in [0.25, 0.3) is 0 Å². The fourth-order valence-corrected chi connectivity index (χ4v) is 1.92. The molecule has 0 fully saturated rings. The minimum atomic E-state index is -0.434. The smallest absolute Gasteiger partial charge is 0.338 e. The predicted octanol–water partition coefficient (Wildman–Crippen LogP) is 4.54. The van der Waals surface area contributed by atoms with Crippen LogP contribution in [0.2, 0.25) is 10.0 Å². The largest absolute Gasteiger partial charge is 0.462 e. The summed E-state index contributed by atoms with van der Waals surface area (Å²) in [7, 11) is 0. The molecule has 2 aromatic rings. The van der Waals surface area contributed by atoms with Gasteiger partial charge in [0, 0.05) is 6.07 Å². The molecule has 2 aromatic carbocycles. The van der Waals surface area contributed by atoms with Crippen molar-refractivity contribution in [3.63, 3.8) is 0 Å². The van der Waals surface area contributed by atoms with Crippen molar-refractivity contribution in [2.45, 2.75) is 6.92 Å². The van der Waals surface area contributed by atoms with Gasteiger partial charge in [0.1, 0.15) is 5.75 Å². The van der Waals surface area contributed by atoms with E-state index >= 15 is 0 Å². The standard InChI is InChI=1S/C15H13Cl2NO3/c1-2-20-15(19)9-3-6-13(18)14(7-9)21-10-4-5-11(16)12(17)8-10/h3-8H,2,18H2,1H3. The van der Waals surface area contributed by atoms with Gasteiger partial charge in [-0.05, 0) is 37.3 Å². The molecule has 0 aromatic heterocycles. The average molecular weight is 326 g/mol.